The van der Waals surface area contributed by atoms with Gasteiger partial charge in [-0.15, -0.1) is 0 Å². The van der Waals surface area contributed by atoms with Crippen LogP contribution in [0.3, 0.4) is 0 Å². The van der Waals surface area contributed by atoms with E-state index in [0.717, 1.165) is 42.5 Å². The number of hydrogen-bond donors (Lipinski definition) is 0. The van der Waals surface area contributed by atoms with E-state index in [9.17, 15) is 8.42 Å². The third-order valence-corrected chi connectivity index (χ3v) is 7.08. The first kappa shape index (κ1) is 17.3. The normalized spacial score (nSPS) is 16.5. The molecule has 1 N–H and O–H groups in total. The second-order valence-electron chi connectivity index (χ2n) is 7.05. The number of aromatic amines is 1. The lowest BCUT2D eigenvalue weighted by Crippen LogP contribution is -2.24. The zero-order valence-electron chi connectivity index (χ0n) is 15.3. The van der Waals surface area contributed by atoms with Gasteiger partial charge in [0.2, 0.25) is 15.4 Å². The minimum absolute atomic E-state index is 0.292. The van der Waals surface area contributed by atoms with Gasteiger partial charge in [-0.3, -0.25) is 0 Å². The smallest absolute Gasteiger partial charge is 0.217 e. The fourth-order valence-electron chi connectivity index (χ4n) is 3.95. The number of hydrogen-bond acceptors (Lipinski definition) is 5. The van der Waals surface area contributed by atoms with Crippen LogP contribution in [0, 0.1) is 0 Å². The quantitative estimate of drug-likeness (QED) is 0.680. The molecule has 7 heteroatoms. The number of aromatic nitrogens is 1. The SMILES string of the molecule is O=S(=O)(c1ccccc1)c1c[nH+]c2cc3c(cc2c1N1CCCC1)OCCO3. The van der Waals surface area contributed by atoms with E-state index in [4.69, 9.17) is 9.47 Å². The van der Waals surface area contributed by atoms with Crippen LogP contribution in [0.2, 0.25) is 0 Å². The molecule has 3 heterocycles. The van der Waals surface area contributed by atoms with Crippen LogP contribution in [-0.2, 0) is 9.84 Å². The van der Waals surface area contributed by atoms with E-state index in [2.05, 4.69) is 9.88 Å². The molecule has 1 fully saturated rings. The Kier molecular flexibility index (Phi) is 4.12. The van der Waals surface area contributed by atoms with E-state index in [-0.39, 0.29) is 0 Å². The van der Waals surface area contributed by atoms with E-state index in [0.29, 0.717) is 34.5 Å². The van der Waals surface area contributed by atoms with Crippen molar-refractivity contribution in [2.75, 3.05) is 31.2 Å². The molecule has 6 nitrogen and oxygen atoms in total. The highest BCUT2D eigenvalue weighted by molar-refractivity contribution is 7.91. The molecule has 5 rings (SSSR count). The number of anilines is 1. The average Bonchev–Trinajstić information content (AvgIpc) is 3.26. The molecular weight excluding hydrogens is 376 g/mol. The Hall–Kier alpha value is -2.80. The van der Waals surface area contributed by atoms with Crippen molar-refractivity contribution in [1.82, 2.24) is 0 Å². The number of rotatable bonds is 3. The van der Waals surface area contributed by atoms with Crippen molar-refractivity contribution in [3.05, 3.63) is 48.7 Å². The number of nitrogens with zero attached hydrogens (tertiary/aromatic N) is 1. The zero-order valence-corrected chi connectivity index (χ0v) is 16.2. The fraction of sp³-hybridized carbons (Fsp3) is 0.286. The van der Waals surface area contributed by atoms with E-state index in [1.165, 1.54) is 0 Å². The summed E-state index contributed by atoms with van der Waals surface area (Å²) in [7, 11) is -3.66. The number of nitrogens with one attached hydrogen (secondary N) is 1. The van der Waals surface area contributed by atoms with Crippen molar-refractivity contribution in [1.29, 1.82) is 0 Å². The highest BCUT2D eigenvalue weighted by Gasteiger charge is 2.31. The van der Waals surface area contributed by atoms with Gasteiger partial charge in [-0.2, -0.15) is 0 Å². The van der Waals surface area contributed by atoms with Crippen molar-refractivity contribution in [3.8, 4) is 11.5 Å². The Morgan fingerprint density at radius 1 is 0.929 bits per heavy atom. The monoisotopic (exact) mass is 397 g/mol. The van der Waals surface area contributed by atoms with Gasteiger partial charge in [0.1, 0.15) is 13.2 Å². The molecular formula is C21H21N2O4S+. The lowest BCUT2D eigenvalue weighted by Gasteiger charge is -2.23. The van der Waals surface area contributed by atoms with Crippen molar-refractivity contribution < 1.29 is 22.9 Å². The molecule has 0 unspecified atom stereocenters. The topological polar surface area (TPSA) is 70.0 Å². The molecule has 0 amide bonds. The van der Waals surface area contributed by atoms with Crippen LogP contribution in [0.25, 0.3) is 10.9 Å². The summed E-state index contributed by atoms with van der Waals surface area (Å²) >= 11 is 0. The molecule has 0 saturated carbocycles. The second kappa shape index (κ2) is 6.67. The average molecular weight is 397 g/mol. The van der Waals surface area contributed by atoms with E-state index < -0.39 is 9.84 Å². The summed E-state index contributed by atoms with van der Waals surface area (Å²) < 4.78 is 38.3. The van der Waals surface area contributed by atoms with Crippen LogP contribution in [0.5, 0.6) is 11.5 Å². The molecule has 144 valence electrons. The molecule has 2 aromatic carbocycles. The summed E-state index contributed by atoms with van der Waals surface area (Å²) in [6.07, 6.45) is 3.71. The van der Waals surface area contributed by atoms with Gasteiger partial charge in [-0.05, 0) is 25.0 Å². The van der Waals surface area contributed by atoms with Crippen molar-refractivity contribution in [2.24, 2.45) is 0 Å². The van der Waals surface area contributed by atoms with E-state index in [1.54, 1.807) is 30.5 Å². The number of fused-ring (bicyclic) bond motifs is 2. The predicted molar refractivity (Wildman–Crippen MR) is 105 cm³/mol. The Morgan fingerprint density at radius 2 is 1.61 bits per heavy atom. The third kappa shape index (κ3) is 2.77. The first-order valence-electron chi connectivity index (χ1n) is 9.48. The van der Waals surface area contributed by atoms with Crippen LogP contribution in [0.15, 0.2) is 58.5 Å². The molecule has 0 radical (unpaired) electrons. The van der Waals surface area contributed by atoms with Gasteiger partial charge in [0.15, 0.2) is 22.6 Å². The van der Waals surface area contributed by atoms with Gasteiger partial charge < -0.3 is 14.4 Å². The highest BCUT2D eigenvalue weighted by Crippen LogP contribution is 2.41. The minimum Gasteiger partial charge on any atom is -0.486 e. The molecule has 0 bridgehead atoms. The van der Waals surface area contributed by atoms with Gasteiger partial charge >= 0.3 is 0 Å². The molecule has 0 spiro atoms. The Bertz CT molecular complexity index is 1140. The number of benzene rings is 2. The summed E-state index contributed by atoms with van der Waals surface area (Å²) in [6, 6.07) is 12.4. The van der Waals surface area contributed by atoms with Crippen molar-refractivity contribution in [3.63, 3.8) is 0 Å². The first-order chi connectivity index (χ1) is 13.6. The predicted octanol–water partition coefficient (Wildman–Crippen LogP) is 2.86. The minimum atomic E-state index is -3.66. The number of pyridine rings is 1. The van der Waals surface area contributed by atoms with Gasteiger partial charge in [0.25, 0.3) is 0 Å². The summed E-state index contributed by atoms with van der Waals surface area (Å²) in [5, 5.41) is 0.836. The van der Waals surface area contributed by atoms with Gasteiger partial charge in [0, 0.05) is 19.2 Å². The molecule has 3 aromatic rings. The molecule has 1 aromatic heterocycles. The maximum absolute atomic E-state index is 13.4. The lowest BCUT2D eigenvalue weighted by atomic mass is 10.1. The standard InChI is InChI=1S/C21H20N2O4S/c24-28(25,15-6-2-1-3-7-15)20-14-22-17-13-19-18(26-10-11-27-19)12-16(17)21(20)23-8-4-5-9-23/h1-3,6-7,12-14H,4-5,8-11H2/p+1. The van der Waals surface area contributed by atoms with Crippen LogP contribution < -0.4 is 19.4 Å². The van der Waals surface area contributed by atoms with Gasteiger partial charge in [-0.25, -0.2) is 13.4 Å². The Morgan fingerprint density at radius 3 is 2.32 bits per heavy atom. The lowest BCUT2D eigenvalue weighted by molar-refractivity contribution is -0.347. The molecule has 1 saturated heterocycles. The molecule has 0 atom stereocenters. The van der Waals surface area contributed by atoms with Crippen LogP contribution >= 0.6 is 0 Å². The fourth-order valence-corrected chi connectivity index (χ4v) is 5.42. The summed E-state index contributed by atoms with van der Waals surface area (Å²) in [4.78, 5) is 5.93. The highest BCUT2D eigenvalue weighted by atomic mass is 32.2. The van der Waals surface area contributed by atoms with Gasteiger partial charge in [-0.1, -0.05) is 18.2 Å². The molecule has 28 heavy (non-hydrogen) atoms. The van der Waals surface area contributed by atoms with E-state index >= 15 is 0 Å². The molecule has 0 aliphatic carbocycles. The number of sulfone groups is 1. The summed E-state index contributed by atoms with van der Waals surface area (Å²) in [6.45, 7) is 2.68. The third-order valence-electron chi connectivity index (χ3n) is 5.29. The maximum atomic E-state index is 13.4. The molecule has 2 aliphatic rings. The zero-order chi connectivity index (χ0) is 19.1. The Labute approximate surface area is 163 Å². The first-order valence-corrected chi connectivity index (χ1v) is 11.0. The van der Waals surface area contributed by atoms with E-state index in [1.807, 2.05) is 18.2 Å². The Balaban J connectivity index is 1.78. The van der Waals surface area contributed by atoms with Crippen LogP contribution in [0.1, 0.15) is 12.8 Å². The molecule has 2 aliphatic heterocycles. The maximum Gasteiger partial charge on any atom is 0.217 e. The number of H-pyrrole nitrogens is 1. The van der Waals surface area contributed by atoms with Crippen molar-refractivity contribution >= 4 is 26.4 Å². The summed E-state index contributed by atoms with van der Waals surface area (Å²) in [5.41, 5.74) is 1.57. The van der Waals surface area contributed by atoms with Crippen molar-refractivity contribution in [2.45, 2.75) is 22.6 Å². The van der Waals surface area contributed by atoms with Crippen LogP contribution in [0.4, 0.5) is 5.69 Å². The van der Waals surface area contributed by atoms with Gasteiger partial charge in [0.05, 0.1) is 22.0 Å². The van der Waals surface area contributed by atoms with Crippen LogP contribution in [-0.4, -0.2) is 34.7 Å². The second-order valence-corrected chi connectivity index (χ2v) is 8.97. The number of ether oxygens (including phenoxy) is 2. The largest absolute Gasteiger partial charge is 0.486 e. The summed E-state index contributed by atoms with van der Waals surface area (Å²) in [5.74, 6) is 1.34.